The van der Waals surface area contributed by atoms with E-state index in [0.29, 0.717) is 24.4 Å². The van der Waals surface area contributed by atoms with Crippen molar-refractivity contribution in [1.29, 1.82) is 0 Å². The van der Waals surface area contributed by atoms with E-state index in [4.69, 9.17) is 0 Å². The van der Waals surface area contributed by atoms with Gasteiger partial charge in [-0.25, -0.2) is 0 Å². The minimum absolute atomic E-state index is 0.142. The van der Waals surface area contributed by atoms with Crippen LogP contribution in [0.2, 0.25) is 0 Å². The van der Waals surface area contributed by atoms with Gasteiger partial charge in [-0.05, 0) is 44.2 Å². The van der Waals surface area contributed by atoms with Crippen molar-refractivity contribution >= 4 is 11.6 Å². The Kier molecular flexibility index (Phi) is 7.52. The highest BCUT2D eigenvalue weighted by atomic mass is 16.1. The van der Waals surface area contributed by atoms with Crippen LogP contribution in [0.4, 0.5) is 0 Å². The van der Waals surface area contributed by atoms with Crippen molar-refractivity contribution in [2.75, 3.05) is 26.2 Å². The first-order valence-corrected chi connectivity index (χ1v) is 11.8. The van der Waals surface area contributed by atoms with Gasteiger partial charge in [0.05, 0.1) is 6.54 Å². The summed E-state index contributed by atoms with van der Waals surface area (Å²) in [5.41, 5.74) is 1.81. The van der Waals surface area contributed by atoms with Gasteiger partial charge >= 0.3 is 0 Å². The van der Waals surface area contributed by atoms with E-state index >= 15 is 0 Å². The molecule has 0 saturated carbocycles. The second-order valence-electron chi connectivity index (χ2n) is 10.7. The molecule has 30 heavy (non-hydrogen) atoms. The summed E-state index contributed by atoms with van der Waals surface area (Å²) in [5, 5.41) is 0. The molecule has 2 aliphatic rings. The molecule has 0 aromatic heterocycles. The lowest BCUT2D eigenvalue weighted by atomic mass is 9.86. The molecule has 3 rings (SSSR count). The second-order valence-corrected chi connectivity index (χ2v) is 10.7. The Bertz CT molecular complexity index is 718. The third-order valence-corrected chi connectivity index (χ3v) is 6.78. The first-order valence-electron chi connectivity index (χ1n) is 11.8. The monoisotopic (exact) mass is 412 g/mol. The van der Waals surface area contributed by atoms with Gasteiger partial charge in [0.1, 0.15) is 5.78 Å². The number of carbonyl (C=O) groups is 2. The maximum Gasteiger partial charge on any atom is 0.168 e. The zero-order valence-corrected chi connectivity index (χ0v) is 19.6. The number of benzene rings is 1. The molecule has 2 bridgehead atoms. The van der Waals surface area contributed by atoms with Gasteiger partial charge in [-0.1, -0.05) is 58.9 Å². The van der Waals surface area contributed by atoms with Crippen LogP contribution in [0, 0.1) is 11.3 Å². The van der Waals surface area contributed by atoms with Crippen molar-refractivity contribution in [1.82, 2.24) is 9.80 Å². The predicted molar refractivity (Wildman–Crippen MR) is 123 cm³/mol. The highest BCUT2D eigenvalue weighted by Crippen LogP contribution is 2.30. The number of nitrogens with zero attached hydrogens (tertiary/aromatic N) is 2. The summed E-state index contributed by atoms with van der Waals surface area (Å²) in [4.78, 5) is 29.6. The van der Waals surface area contributed by atoms with E-state index in [1.165, 1.54) is 31.2 Å². The van der Waals surface area contributed by atoms with Crippen molar-refractivity contribution in [3.63, 3.8) is 0 Å². The highest BCUT2D eigenvalue weighted by Gasteiger charge is 2.40. The van der Waals surface area contributed by atoms with Gasteiger partial charge in [0.15, 0.2) is 5.78 Å². The number of hydrogen-bond acceptors (Lipinski definition) is 4. The molecule has 1 aromatic rings. The normalized spacial score (nSPS) is 22.6. The number of hydrogen-bond donors (Lipinski definition) is 0. The summed E-state index contributed by atoms with van der Waals surface area (Å²) in [6, 6.07) is 9.34. The van der Waals surface area contributed by atoms with Crippen LogP contribution < -0.4 is 0 Å². The van der Waals surface area contributed by atoms with E-state index in [2.05, 4.69) is 21.9 Å². The SMILES string of the molecule is CC(C)C(=O)CN1C2CCC1CN(CCCCc1ccc(C(=O)C(C)(C)C)cc1)C2. The molecule has 0 spiro atoms. The second kappa shape index (κ2) is 9.74. The Morgan fingerprint density at radius 1 is 1.00 bits per heavy atom. The molecule has 0 N–H and O–H groups in total. The number of Topliss-reactive ketones (excluding diaryl/α,β-unsaturated/α-hetero) is 2. The molecular formula is C26H40N2O2. The fraction of sp³-hybridized carbons (Fsp3) is 0.692. The van der Waals surface area contributed by atoms with Crippen molar-refractivity contribution in [3.05, 3.63) is 35.4 Å². The van der Waals surface area contributed by atoms with Crippen molar-refractivity contribution in [2.45, 2.75) is 78.8 Å². The van der Waals surface area contributed by atoms with Crippen molar-refractivity contribution < 1.29 is 9.59 Å². The van der Waals surface area contributed by atoms with Crippen LogP contribution >= 0.6 is 0 Å². The number of likely N-dealkylation sites (tertiary alicyclic amines) is 1. The van der Waals surface area contributed by atoms with Gasteiger partial charge in [-0.2, -0.15) is 0 Å². The molecule has 2 fully saturated rings. The van der Waals surface area contributed by atoms with E-state index < -0.39 is 0 Å². The summed E-state index contributed by atoms with van der Waals surface area (Å²) in [5.74, 6) is 0.733. The minimum atomic E-state index is -0.326. The molecule has 0 radical (unpaired) electrons. The van der Waals surface area contributed by atoms with Crippen LogP contribution in [0.3, 0.4) is 0 Å². The van der Waals surface area contributed by atoms with Crippen LogP contribution in [0.1, 0.15) is 76.2 Å². The fourth-order valence-corrected chi connectivity index (χ4v) is 4.80. The zero-order chi connectivity index (χ0) is 21.9. The zero-order valence-electron chi connectivity index (χ0n) is 19.6. The van der Waals surface area contributed by atoms with Gasteiger partial charge in [0.2, 0.25) is 0 Å². The molecule has 2 aliphatic heterocycles. The van der Waals surface area contributed by atoms with Crippen molar-refractivity contribution in [2.24, 2.45) is 11.3 Å². The molecule has 4 heteroatoms. The summed E-state index contributed by atoms with van der Waals surface area (Å²) >= 11 is 0. The Labute approximate surface area is 183 Å². The molecule has 4 nitrogen and oxygen atoms in total. The topological polar surface area (TPSA) is 40.6 Å². The lowest BCUT2D eigenvalue weighted by Gasteiger charge is -2.41. The van der Waals surface area contributed by atoms with E-state index in [1.807, 2.05) is 46.8 Å². The standard InChI is InChI=1S/C26H40N2O2/c1-19(2)24(29)18-28-22-13-14-23(28)17-27(16-22)15-7-6-8-20-9-11-21(12-10-20)25(30)26(3,4)5/h9-12,19,22-23H,6-8,13-18H2,1-5H3. The summed E-state index contributed by atoms with van der Waals surface area (Å²) < 4.78 is 0. The lowest BCUT2D eigenvalue weighted by Crippen LogP contribution is -2.55. The van der Waals surface area contributed by atoms with Crippen LogP contribution in [-0.4, -0.2) is 59.6 Å². The number of aryl methyl sites for hydroxylation is 1. The molecule has 0 aliphatic carbocycles. The number of rotatable bonds is 9. The van der Waals surface area contributed by atoms with Crippen LogP contribution in [0.15, 0.2) is 24.3 Å². The van der Waals surface area contributed by atoms with Gasteiger partial charge in [0, 0.05) is 42.1 Å². The predicted octanol–water partition coefficient (Wildman–Crippen LogP) is 4.61. The first-order chi connectivity index (χ1) is 14.1. The maximum absolute atomic E-state index is 12.4. The lowest BCUT2D eigenvalue weighted by molar-refractivity contribution is -0.124. The summed E-state index contributed by atoms with van der Waals surface area (Å²) in [6.45, 7) is 14.0. The van der Waals surface area contributed by atoms with Gasteiger partial charge in [-0.3, -0.25) is 14.5 Å². The third-order valence-electron chi connectivity index (χ3n) is 6.78. The number of carbonyl (C=O) groups excluding carboxylic acids is 2. The molecule has 2 heterocycles. The van der Waals surface area contributed by atoms with Crippen molar-refractivity contribution in [3.8, 4) is 0 Å². The van der Waals surface area contributed by atoms with Crippen LogP contribution in [0.5, 0.6) is 0 Å². The molecule has 166 valence electrons. The Balaban J connectivity index is 1.40. The molecule has 2 saturated heterocycles. The molecule has 1 aromatic carbocycles. The number of ketones is 2. The number of piperazine rings is 1. The van der Waals surface area contributed by atoms with Gasteiger partial charge < -0.3 is 4.90 Å². The number of unbranched alkanes of at least 4 members (excludes halogenated alkanes) is 1. The van der Waals surface area contributed by atoms with Crippen LogP contribution in [-0.2, 0) is 11.2 Å². The van der Waals surface area contributed by atoms with Crippen LogP contribution in [0.25, 0.3) is 0 Å². The van der Waals surface area contributed by atoms with E-state index in [1.54, 1.807) is 0 Å². The van der Waals surface area contributed by atoms with Gasteiger partial charge in [0.25, 0.3) is 0 Å². The quantitative estimate of drug-likeness (QED) is 0.439. The average Bonchev–Trinajstić information content (AvgIpc) is 2.92. The highest BCUT2D eigenvalue weighted by molar-refractivity contribution is 5.99. The Morgan fingerprint density at radius 3 is 2.13 bits per heavy atom. The van der Waals surface area contributed by atoms with E-state index in [9.17, 15) is 9.59 Å². The largest absolute Gasteiger partial charge is 0.300 e. The molecule has 2 atom stereocenters. The minimum Gasteiger partial charge on any atom is -0.300 e. The fourth-order valence-electron chi connectivity index (χ4n) is 4.80. The average molecular weight is 413 g/mol. The smallest absolute Gasteiger partial charge is 0.168 e. The Hall–Kier alpha value is -1.52. The Morgan fingerprint density at radius 2 is 1.60 bits per heavy atom. The first kappa shape index (κ1) is 23.1. The molecule has 0 amide bonds. The summed E-state index contributed by atoms with van der Waals surface area (Å²) in [6.07, 6.45) is 5.93. The third kappa shape index (κ3) is 5.79. The van der Waals surface area contributed by atoms with E-state index in [0.717, 1.165) is 31.6 Å². The van der Waals surface area contributed by atoms with Gasteiger partial charge in [-0.15, -0.1) is 0 Å². The summed E-state index contributed by atoms with van der Waals surface area (Å²) in [7, 11) is 0. The molecule has 2 unspecified atom stereocenters. The molecular weight excluding hydrogens is 372 g/mol. The number of fused-ring (bicyclic) bond motifs is 2. The van der Waals surface area contributed by atoms with E-state index in [-0.39, 0.29) is 17.1 Å². The maximum atomic E-state index is 12.4.